The van der Waals surface area contributed by atoms with Gasteiger partial charge in [0.25, 0.3) is 0 Å². The van der Waals surface area contributed by atoms with Crippen LogP contribution in [0.1, 0.15) is 59.4 Å². The summed E-state index contributed by atoms with van der Waals surface area (Å²) in [5, 5.41) is 4.40. The maximum absolute atomic E-state index is 6.28. The maximum Gasteiger partial charge on any atom is 0.178 e. The Labute approximate surface area is 214 Å². The van der Waals surface area contributed by atoms with Gasteiger partial charge in [-0.25, -0.2) is 14.6 Å². The smallest absolute Gasteiger partial charge is 0.178 e. The van der Waals surface area contributed by atoms with E-state index in [1.165, 1.54) is 44.5 Å². The lowest BCUT2D eigenvalue weighted by atomic mass is 9.87. The van der Waals surface area contributed by atoms with E-state index in [0.717, 1.165) is 47.7 Å². The van der Waals surface area contributed by atoms with Crippen LogP contribution in [0.2, 0.25) is 0 Å². The molecule has 36 heavy (non-hydrogen) atoms. The van der Waals surface area contributed by atoms with Crippen molar-refractivity contribution in [3.8, 4) is 28.7 Å². The van der Waals surface area contributed by atoms with E-state index in [2.05, 4.69) is 76.5 Å². The van der Waals surface area contributed by atoms with Gasteiger partial charge in [-0.2, -0.15) is 5.10 Å². The van der Waals surface area contributed by atoms with Gasteiger partial charge in [-0.15, -0.1) is 0 Å². The van der Waals surface area contributed by atoms with Crippen LogP contribution in [0.3, 0.4) is 0 Å². The zero-order valence-corrected chi connectivity index (χ0v) is 22.1. The molecule has 0 amide bonds. The molecule has 1 atom stereocenters. The lowest BCUT2D eigenvalue weighted by molar-refractivity contribution is 0.138. The highest BCUT2D eigenvalue weighted by molar-refractivity contribution is 5.72. The summed E-state index contributed by atoms with van der Waals surface area (Å²) in [5.41, 5.74) is 3.21. The third-order valence-electron chi connectivity index (χ3n) is 8.34. The Hall–Kier alpha value is -2.87. The van der Waals surface area contributed by atoms with Crippen LogP contribution in [0.25, 0.3) is 22.9 Å². The van der Waals surface area contributed by atoms with Crippen molar-refractivity contribution in [1.29, 1.82) is 0 Å². The topological polar surface area (TPSA) is 64.2 Å². The van der Waals surface area contributed by atoms with Crippen LogP contribution in [-0.2, 0) is 6.54 Å². The van der Waals surface area contributed by atoms with Gasteiger partial charge >= 0.3 is 0 Å². The molecule has 6 rings (SSSR count). The van der Waals surface area contributed by atoms with Gasteiger partial charge in [0.2, 0.25) is 0 Å². The van der Waals surface area contributed by atoms with Crippen LogP contribution in [0, 0.1) is 5.92 Å². The third kappa shape index (κ3) is 4.19. The predicted molar refractivity (Wildman–Crippen MR) is 142 cm³/mol. The van der Waals surface area contributed by atoms with Gasteiger partial charge in [0, 0.05) is 42.6 Å². The number of piperidine rings is 1. The number of hydrogen-bond donors (Lipinski definition) is 0. The minimum atomic E-state index is 0.230. The molecule has 192 valence electrons. The number of likely N-dealkylation sites (tertiary alicyclic amines) is 1. The molecule has 2 saturated heterocycles. The molecule has 3 aliphatic rings. The Morgan fingerprint density at radius 1 is 0.944 bits per heavy atom. The molecule has 5 heterocycles. The monoisotopic (exact) mass is 489 g/mol. The molecule has 2 aromatic heterocycles. The molecule has 0 saturated carbocycles. The molecular formula is C28H39N7O. The first kappa shape index (κ1) is 23.5. The van der Waals surface area contributed by atoms with Crippen LogP contribution in [0.4, 0.5) is 5.69 Å². The second kappa shape index (κ2) is 9.54. The van der Waals surface area contributed by atoms with Crippen molar-refractivity contribution in [3.05, 3.63) is 30.7 Å². The van der Waals surface area contributed by atoms with E-state index in [0.29, 0.717) is 18.7 Å². The summed E-state index contributed by atoms with van der Waals surface area (Å²) in [5.74, 6) is 3.48. The van der Waals surface area contributed by atoms with Gasteiger partial charge in [-0.3, -0.25) is 0 Å². The minimum Gasteiger partial charge on any atom is -0.491 e. The van der Waals surface area contributed by atoms with E-state index in [4.69, 9.17) is 9.72 Å². The van der Waals surface area contributed by atoms with Crippen LogP contribution in [0.5, 0.6) is 5.75 Å². The largest absolute Gasteiger partial charge is 0.491 e. The number of anilines is 1. The number of fused-ring (bicyclic) bond motifs is 3. The third-order valence-corrected chi connectivity index (χ3v) is 8.34. The van der Waals surface area contributed by atoms with Crippen LogP contribution in [0.15, 0.2) is 30.7 Å². The Morgan fingerprint density at radius 3 is 2.56 bits per heavy atom. The van der Waals surface area contributed by atoms with Gasteiger partial charge < -0.3 is 19.1 Å². The number of nitrogens with zero attached hydrogens (tertiary/aromatic N) is 7. The van der Waals surface area contributed by atoms with Gasteiger partial charge in [-0.05, 0) is 84.5 Å². The average Bonchev–Trinajstić information content (AvgIpc) is 3.62. The molecule has 0 bridgehead atoms. The molecule has 0 N–H and O–H groups in total. The fourth-order valence-electron chi connectivity index (χ4n) is 6.39. The normalized spacial score (nSPS) is 21.1. The highest BCUT2D eigenvalue weighted by atomic mass is 16.5. The van der Waals surface area contributed by atoms with Crippen molar-refractivity contribution in [3.63, 3.8) is 0 Å². The van der Waals surface area contributed by atoms with Crippen molar-refractivity contribution >= 4 is 5.69 Å². The zero-order chi connectivity index (χ0) is 24.8. The Balaban J connectivity index is 1.27. The van der Waals surface area contributed by atoms with Gasteiger partial charge in [0.15, 0.2) is 5.82 Å². The lowest BCUT2D eigenvalue weighted by Gasteiger charge is -2.40. The number of rotatable bonds is 5. The number of imidazole rings is 1. The fraction of sp³-hybridized carbons (Fsp3) is 0.607. The lowest BCUT2D eigenvalue weighted by Crippen LogP contribution is -2.44. The highest BCUT2D eigenvalue weighted by Gasteiger charge is 2.35. The zero-order valence-electron chi connectivity index (χ0n) is 22.1. The predicted octanol–water partition coefficient (Wildman–Crippen LogP) is 4.87. The quantitative estimate of drug-likeness (QED) is 0.509. The van der Waals surface area contributed by atoms with Crippen LogP contribution in [-0.4, -0.2) is 67.5 Å². The number of hydrogen-bond acceptors (Lipinski definition) is 6. The standard InChI is InChI=1S/C28H39N7O/c1-19(2)32-12-9-21(10-13-32)25-6-5-11-34(25)22-7-8-23-26(16-22)36-15-14-33-17-24(31-27(23)33)28-29-18-30-35(28)20(3)4/h7-8,16-21,25H,5-6,9-15H2,1-4H3. The van der Waals surface area contributed by atoms with E-state index in [1.807, 2.05) is 4.68 Å². The van der Waals surface area contributed by atoms with E-state index in [-0.39, 0.29) is 6.04 Å². The van der Waals surface area contributed by atoms with Crippen molar-refractivity contribution in [2.24, 2.45) is 5.92 Å². The highest BCUT2D eigenvalue weighted by Crippen LogP contribution is 2.40. The van der Waals surface area contributed by atoms with E-state index < -0.39 is 0 Å². The first-order valence-corrected chi connectivity index (χ1v) is 13.7. The van der Waals surface area contributed by atoms with Gasteiger partial charge in [0.05, 0.1) is 12.1 Å². The first-order valence-electron chi connectivity index (χ1n) is 13.7. The molecule has 1 aromatic carbocycles. The number of ether oxygens (including phenoxy) is 1. The van der Waals surface area contributed by atoms with Gasteiger partial charge in [0.1, 0.15) is 30.2 Å². The fourth-order valence-corrected chi connectivity index (χ4v) is 6.39. The Kier molecular flexibility index (Phi) is 6.23. The summed E-state index contributed by atoms with van der Waals surface area (Å²) in [6.45, 7) is 13.9. The summed E-state index contributed by atoms with van der Waals surface area (Å²) in [7, 11) is 0. The minimum absolute atomic E-state index is 0.230. The van der Waals surface area contributed by atoms with Crippen molar-refractivity contribution in [2.75, 3.05) is 31.1 Å². The second-order valence-electron chi connectivity index (χ2n) is 11.2. The SMILES string of the molecule is CC(C)N1CCC(C2CCCN2c2ccc3c(c2)OCCn2cc(-c4ncnn4C(C)C)nc2-3)CC1. The Morgan fingerprint density at radius 2 is 1.78 bits per heavy atom. The van der Waals surface area contributed by atoms with Crippen LogP contribution >= 0.6 is 0 Å². The van der Waals surface area contributed by atoms with E-state index in [1.54, 1.807) is 6.33 Å². The van der Waals surface area contributed by atoms with Gasteiger partial charge in [-0.1, -0.05) is 0 Å². The summed E-state index contributed by atoms with van der Waals surface area (Å²) >= 11 is 0. The number of aromatic nitrogens is 5. The second-order valence-corrected chi connectivity index (χ2v) is 11.2. The first-order chi connectivity index (χ1) is 17.5. The summed E-state index contributed by atoms with van der Waals surface area (Å²) in [4.78, 5) is 14.8. The summed E-state index contributed by atoms with van der Waals surface area (Å²) in [6, 6.07) is 8.28. The molecule has 3 aromatic rings. The van der Waals surface area contributed by atoms with Crippen LogP contribution < -0.4 is 9.64 Å². The molecule has 3 aliphatic heterocycles. The van der Waals surface area contributed by atoms with Crippen molar-refractivity contribution < 1.29 is 4.74 Å². The summed E-state index contributed by atoms with van der Waals surface area (Å²) in [6.07, 6.45) is 8.89. The summed E-state index contributed by atoms with van der Waals surface area (Å²) < 4.78 is 10.4. The molecule has 1 unspecified atom stereocenters. The van der Waals surface area contributed by atoms with E-state index >= 15 is 0 Å². The van der Waals surface area contributed by atoms with Crippen molar-refractivity contribution in [2.45, 2.75) is 78.0 Å². The molecule has 0 aliphatic carbocycles. The molecule has 0 spiro atoms. The maximum atomic E-state index is 6.28. The molecule has 0 radical (unpaired) electrons. The molecule has 2 fully saturated rings. The number of benzene rings is 1. The van der Waals surface area contributed by atoms with E-state index in [9.17, 15) is 0 Å². The Bertz CT molecular complexity index is 1200. The molecule has 8 heteroatoms. The molecular weight excluding hydrogens is 450 g/mol. The molecule has 8 nitrogen and oxygen atoms in total. The van der Waals surface area contributed by atoms with Crippen molar-refractivity contribution in [1.82, 2.24) is 29.2 Å². The average molecular weight is 490 g/mol.